The van der Waals surface area contributed by atoms with Gasteiger partial charge in [-0.15, -0.1) is 0 Å². The summed E-state index contributed by atoms with van der Waals surface area (Å²) in [5, 5.41) is 7.05. The van der Waals surface area contributed by atoms with Crippen molar-refractivity contribution in [2.45, 2.75) is 57.5 Å². The normalized spacial score (nSPS) is 29.0. The molecule has 2 fully saturated rings. The van der Waals surface area contributed by atoms with Crippen molar-refractivity contribution in [1.29, 1.82) is 0 Å². The summed E-state index contributed by atoms with van der Waals surface area (Å²) >= 11 is 0. The minimum absolute atomic E-state index is 0.596. The molecule has 2 saturated carbocycles. The molecule has 0 amide bonds. The van der Waals surface area contributed by atoms with Crippen LogP contribution >= 0.6 is 0 Å². The second-order valence-corrected chi connectivity index (χ2v) is 6.76. The van der Waals surface area contributed by atoms with Crippen molar-refractivity contribution < 1.29 is 0 Å². The Bertz CT molecular complexity index is 467. The molecule has 0 spiro atoms. The van der Waals surface area contributed by atoms with Crippen LogP contribution in [0.1, 0.15) is 44.9 Å². The molecular weight excluding hydrogens is 274 g/mol. The highest BCUT2D eigenvalue weighted by atomic mass is 15.2. The van der Waals surface area contributed by atoms with Crippen LogP contribution in [0, 0.1) is 11.8 Å². The van der Waals surface area contributed by atoms with Crippen LogP contribution in [-0.4, -0.2) is 35.1 Å². The minimum Gasteiger partial charge on any atom is -0.355 e. The Morgan fingerprint density at radius 2 is 2.09 bits per heavy atom. The van der Waals surface area contributed by atoms with E-state index in [9.17, 15) is 0 Å². The number of nitrogens with one attached hydrogen (secondary N) is 2. The third-order valence-corrected chi connectivity index (χ3v) is 5.33. The van der Waals surface area contributed by atoms with Gasteiger partial charge in [0.2, 0.25) is 0 Å². The third-order valence-electron chi connectivity index (χ3n) is 5.33. The molecule has 0 aromatic carbocycles. The molecule has 2 aliphatic rings. The van der Waals surface area contributed by atoms with E-state index in [1.54, 1.807) is 0 Å². The number of aliphatic imine (C=N–C) groups is 1. The van der Waals surface area contributed by atoms with Gasteiger partial charge in [-0.1, -0.05) is 25.7 Å². The van der Waals surface area contributed by atoms with E-state index in [2.05, 4.69) is 25.2 Å². The molecule has 3 unspecified atom stereocenters. The quantitative estimate of drug-likeness (QED) is 0.663. The Labute approximate surface area is 133 Å². The third kappa shape index (κ3) is 4.02. The monoisotopic (exact) mass is 303 g/mol. The largest absolute Gasteiger partial charge is 0.355 e. The average Bonchev–Trinajstić information content (AvgIpc) is 3.07. The molecule has 5 nitrogen and oxygen atoms in total. The molecule has 0 radical (unpaired) electrons. The number of guanidine groups is 1. The van der Waals surface area contributed by atoms with Crippen LogP contribution in [0.25, 0.3) is 0 Å². The maximum Gasteiger partial charge on any atom is 0.191 e. The fraction of sp³-hybridized carbons (Fsp3) is 0.765. The van der Waals surface area contributed by atoms with E-state index >= 15 is 0 Å². The van der Waals surface area contributed by atoms with Crippen molar-refractivity contribution in [2.24, 2.45) is 16.8 Å². The molecule has 5 heteroatoms. The number of imidazole rings is 1. The molecule has 0 saturated heterocycles. The second-order valence-electron chi connectivity index (χ2n) is 6.76. The summed E-state index contributed by atoms with van der Waals surface area (Å²) < 4.78 is 2.08. The lowest BCUT2D eigenvalue weighted by Crippen LogP contribution is -2.47. The summed E-state index contributed by atoms with van der Waals surface area (Å²) in [5.74, 6) is 2.89. The van der Waals surface area contributed by atoms with E-state index in [-0.39, 0.29) is 0 Å². The van der Waals surface area contributed by atoms with Gasteiger partial charge in [0.05, 0.1) is 6.33 Å². The fourth-order valence-corrected chi connectivity index (χ4v) is 4.11. The number of hydrogen-bond acceptors (Lipinski definition) is 2. The van der Waals surface area contributed by atoms with Crippen molar-refractivity contribution in [3.63, 3.8) is 0 Å². The first-order valence-electron chi connectivity index (χ1n) is 8.78. The van der Waals surface area contributed by atoms with Gasteiger partial charge in [-0.25, -0.2) is 4.98 Å². The number of nitrogens with zero attached hydrogens (tertiary/aromatic N) is 3. The Morgan fingerprint density at radius 3 is 2.86 bits per heavy atom. The number of hydrogen-bond donors (Lipinski definition) is 2. The van der Waals surface area contributed by atoms with Crippen LogP contribution in [-0.2, 0) is 6.54 Å². The molecule has 2 N–H and O–H groups in total. The molecule has 0 aliphatic heterocycles. The molecule has 22 heavy (non-hydrogen) atoms. The van der Waals surface area contributed by atoms with Gasteiger partial charge in [0.1, 0.15) is 0 Å². The van der Waals surface area contributed by atoms with E-state index in [4.69, 9.17) is 0 Å². The minimum atomic E-state index is 0.596. The molecular formula is C17H29N5. The van der Waals surface area contributed by atoms with E-state index in [1.165, 1.54) is 44.9 Å². The number of fused-ring (bicyclic) bond motifs is 1. The van der Waals surface area contributed by atoms with Gasteiger partial charge in [0, 0.05) is 38.6 Å². The number of rotatable bonds is 4. The standard InChI is InChI=1S/C17H29N5/c1-18-17(20-9-11-22-10-8-19-13-22)21-16-7-6-14-4-2-3-5-15(14)12-16/h8,10,13-16H,2-7,9,11-12H2,1H3,(H2,18,20,21). The predicted octanol–water partition coefficient (Wildman–Crippen LogP) is 2.41. The first kappa shape index (κ1) is 15.4. The SMILES string of the molecule is CN=C(NCCn1ccnc1)NC1CCC2CCCCC2C1. The van der Waals surface area contributed by atoms with Gasteiger partial charge >= 0.3 is 0 Å². The van der Waals surface area contributed by atoms with Crippen molar-refractivity contribution >= 4 is 5.96 Å². The zero-order chi connectivity index (χ0) is 15.2. The molecule has 122 valence electrons. The lowest BCUT2D eigenvalue weighted by Gasteiger charge is -2.39. The Kier molecular flexibility index (Phi) is 5.35. The van der Waals surface area contributed by atoms with Gasteiger partial charge in [0.15, 0.2) is 5.96 Å². The van der Waals surface area contributed by atoms with Crippen LogP contribution in [0.4, 0.5) is 0 Å². The van der Waals surface area contributed by atoms with Crippen molar-refractivity contribution in [2.75, 3.05) is 13.6 Å². The van der Waals surface area contributed by atoms with Crippen LogP contribution in [0.5, 0.6) is 0 Å². The Balaban J connectivity index is 1.42. The summed E-state index contributed by atoms with van der Waals surface area (Å²) in [7, 11) is 1.86. The lowest BCUT2D eigenvalue weighted by molar-refractivity contribution is 0.150. The highest BCUT2D eigenvalue weighted by Crippen LogP contribution is 2.40. The first-order valence-corrected chi connectivity index (χ1v) is 8.78. The summed E-state index contributed by atoms with van der Waals surface area (Å²) in [6.45, 7) is 1.78. The summed E-state index contributed by atoms with van der Waals surface area (Å²) in [4.78, 5) is 8.44. The van der Waals surface area contributed by atoms with E-state index < -0.39 is 0 Å². The topological polar surface area (TPSA) is 54.2 Å². The highest BCUT2D eigenvalue weighted by Gasteiger charge is 2.32. The zero-order valence-corrected chi connectivity index (χ0v) is 13.7. The van der Waals surface area contributed by atoms with Gasteiger partial charge in [0.25, 0.3) is 0 Å². The van der Waals surface area contributed by atoms with Crippen LogP contribution in [0.2, 0.25) is 0 Å². The van der Waals surface area contributed by atoms with Crippen LogP contribution < -0.4 is 10.6 Å². The molecule has 1 aromatic heterocycles. The van der Waals surface area contributed by atoms with Crippen LogP contribution in [0.3, 0.4) is 0 Å². The van der Waals surface area contributed by atoms with Gasteiger partial charge in [-0.3, -0.25) is 4.99 Å². The zero-order valence-electron chi connectivity index (χ0n) is 13.7. The molecule has 3 rings (SSSR count). The Morgan fingerprint density at radius 1 is 1.23 bits per heavy atom. The first-order chi connectivity index (χ1) is 10.8. The van der Waals surface area contributed by atoms with Crippen molar-refractivity contribution in [3.05, 3.63) is 18.7 Å². The summed E-state index contributed by atoms with van der Waals surface area (Å²) in [5.41, 5.74) is 0. The van der Waals surface area contributed by atoms with Gasteiger partial charge in [-0.2, -0.15) is 0 Å². The molecule has 2 aliphatic carbocycles. The predicted molar refractivity (Wildman–Crippen MR) is 89.8 cm³/mol. The second kappa shape index (κ2) is 7.65. The van der Waals surface area contributed by atoms with E-state index in [0.717, 1.165) is 30.9 Å². The summed E-state index contributed by atoms with van der Waals surface area (Å²) in [6, 6.07) is 0.596. The fourth-order valence-electron chi connectivity index (χ4n) is 4.11. The van der Waals surface area contributed by atoms with Crippen molar-refractivity contribution in [3.8, 4) is 0 Å². The van der Waals surface area contributed by atoms with E-state index in [0.29, 0.717) is 6.04 Å². The van der Waals surface area contributed by atoms with Gasteiger partial charge in [-0.05, 0) is 31.1 Å². The van der Waals surface area contributed by atoms with Crippen LogP contribution in [0.15, 0.2) is 23.7 Å². The smallest absolute Gasteiger partial charge is 0.191 e. The average molecular weight is 303 g/mol. The molecule has 0 bridgehead atoms. The number of aromatic nitrogens is 2. The maximum atomic E-state index is 4.37. The van der Waals surface area contributed by atoms with Gasteiger partial charge < -0.3 is 15.2 Å². The van der Waals surface area contributed by atoms with E-state index in [1.807, 2.05) is 25.8 Å². The highest BCUT2D eigenvalue weighted by molar-refractivity contribution is 5.79. The summed E-state index contributed by atoms with van der Waals surface area (Å²) in [6.07, 6.45) is 15.5. The Hall–Kier alpha value is -1.52. The van der Waals surface area contributed by atoms with Crippen molar-refractivity contribution in [1.82, 2.24) is 20.2 Å². The lowest BCUT2D eigenvalue weighted by atomic mass is 9.69. The molecule has 1 heterocycles. The molecule has 1 aromatic rings. The maximum absolute atomic E-state index is 4.37. The molecule has 3 atom stereocenters.